The van der Waals surface area contributed by atoms with Gasteiger partial charge in [-0.05, 0) is 38.8 Å². The Morgan fingerprint density at radius 1 is 1.22 bits per heavy atom. The van der Waals surface area contributed by atoms with Crippen LogP contribution in [0.25, 0.3) is 16.5 Å². The molecule has 1 amide bonds. The summed E-state index contributed by atoms with van der Waals surface area (Å²) in [6, 6.07) is 5.38. The number of carbonyl (C=O) groups is 2. The Morgan fingerprint density at radius 2 is 2.00 bits per heavy atom. The lowest BCUT2D eigenvalue weighted by Gasteiger charge is -2.29. The van der Waals surface area contributed by atoms with Crippen LogP contribution in [0, 0.1) is 0 Å². The van der Waals surface area contributed by atoms with Gasteiger partial charge in [0.15, 0.2) is 0 Å². The predicted octanol–water partition coefficient (Wildman–Crippen LogP) is 3.44. The zero-order chi connectivity index (χ0) is 19.6. The molecule has 0 fully saturated rings. The summed E-state index contributed by atoms with van der Waals surface area (Å²) in [5.41, 5.74) is 2.36. The third-order valence-corrected chi connectivity index (χ3v) is 4.28. The lowest BCUT2D eigenvalue weighted by Crippen LogP contribution is -2.39. The van der Waals surface area contributed by atoms with Gasteiger partial charge in [0.1, 0.15) is 11.1 Å². The molecule has 142 valence electrons. The number of rotatable bonds is 2. The van der Waals surface area contributed by atoms with E-state index in [9.17, 15) is 9.59 Å². The van der Waals surface area contributed by atoms with E-state index in [1.807, 2.05) is 32.9 Å². The number of aromatic nitrogens is 2. The molecule has 1 aromatic carbocycles. The topological polar surface area (TPSA) is 81.6 Å². The summed E-state index contributed by atoms with van der Waals surface area (Å²) in [6.07, 6.45) is 4.04. The summed E-state index contributed by atoms with van der Waals surface area (Å²) < 4.78 is 10.3. The van der Waals surface area contributed by atoms with E-state index in [0.29, 0.717) is 30.6 Å². The van der Waals surface area contributed by atoms with Crippen molar-refractivity contribution in [1.82, 2.24) is 15.1 Å². The lowest BCUT2D eigenvalue weighted by molar-refractivity contribution is 0.0270. The highest BCUT2D eigenvalue weighted by atomic mass is 16.6. The molecular weight excluding hydrogens is 346 g/mol. The van der Waals surface area contributed by atoms with Crippen molar-refractivity contribution in [3.63, 3.8) is 0 Å². The fourth-order valence-corrected chi connectivity index (χ4v) is 3.02. The molecule has 1 aliphatic heterocycles. The Bertz CT molecular complexity index is 915. The molecule has 0 saturated heterocycles. The summed E-state index contributed by atoms with van der Waals surface area (Å²) in [7, 11) is 1.34. The molecule has 2 heterocycles. The number of methoxy groups -OCH3 is 1. The number of hydrogen-bond donors (Lipinski definition) is 0. The average Bonchev–Trinajstić information content (AvgIpc) is 2.65. The molecule has 0 radical (unpaired) electrons. The molecule has 27 heavy (non-hydrogen) atoms. The maximum absolute atomic E-state index is 12.2. The number of nitrogens with zero attached hydrogens (tertiary/aromatic N) is 3. The molecule has 3 rings (SSSR count). The molecule has 2 aromatic rings. The van der Waals surface area contributed by atoms with Crippen molar-refractivity contribution in [3.8, 4) is 0 Å². The van der Waals surface area contributed by atoms with Gasteiger partial charge in [0, 0.05) is 24.0 Å². The Balaban J connectivity index is 1.89. The van der Waals surface area contributed by atoms with Crippen LogP contribution in [0.15, 0.2) is 30.5 Å². The number of amides is 1. The van der Waals surface area contributed by atoms with E-state index in [1.54, 1.807) is 23.2 Å². The van der Waals surface area contributed by atoms with Crippen molar-refractivity contribution in [2.75, 3.05) is 20.2 Å². The second-order valence-corrected chi connectivity index (χ2v) is 7.36. The highest BCUT2D eigenvalue weighted by Crippen LogP contribution is 2.29. The van der Waals surface area contributed by atoms with Crippen LogP contribution in [-0.4, -0.2) is 53.0 Å². The minimum Gasteiger partial charge on any atom is -0.465 e. The second kappa shape index (κ2) is 7.34. The summed E-state index contributed by atoms with van der Waals surface area (Å²) in [6.45, 7) is 6.57. The van der Waals surface area contributed by atoms with E-state index in [1.165, 1.54) is 7.11 Å². The summed E-state index contributed by atoms with van der Waals surface area (Å²) >= 11 is 0. The zero-order valence-corrected chi connectivity index (χ0v) is 16.0. The first-order valence-electron chi connectivity index (χ1n) is 8.80. The van der Waals surface area contributed by atoms with Gasteiger partial charge in [-0.25, -0.2) is 9.59 Å². The first kappa shape index (κ1) is 18.8. The minimum atomic E-state index is -0.517. The Morgan fingerprint density at radius 3 is 2.63 bits per heavy atom. The number of fused-ring (bicyclic) bond motifs is 1. The van der Waals surface area contributed by atoms with Gasteiger partial charge in [0.2, 0.25) is 0 Å². The summed E-state index contributed by atoms with van der Waals surface area (Å²) in [5.74, 6) is -0.444. The molecule has 1 aromatic heterocycles. The van der Waals surface area contributed by atoms with E-state index < -0.39 is 11.6 Å². The van der Waals surface area contributed by atoms with E-state index >= 15 is 0 Å². The van der Waals surface area contributed by atoms with E-state index in [4.69, 9.17) is 9.47 Å². The molecule has 0 saturated carbocycles. The highest BCUT2D eigenvalue weighted by molar-refractivity contribution is 6.05. The van der Waals surface area contributed by atoms with Crippen molar-refractivity contribution >= 4 is 28.5 Å². The van der Waals surface area contributed by atoms with Crippen molar-refractivity contribution in [1.29, 1.82) is 0 Å². The molecule has 0 atom stereocenters. The van der Waals surface area contributed by atoms with Crippen LogP contribution < -0.4 is 0 Å². The van der Waals surface area contributed by atoms with Gasteiger partial charge in [0.05, 0.1) is 18.9 Å². The summed E-state index contributed by atoms with van der Waals surface area (Å²) in [4.78, 5) is 25.9. The molecule has 0 unspecified atom stereocenters. The lowest BCUT2D eigenvalue weighted by atomic mass is 9.96. The SMILES string of the molecule is COC(=O)c1cccc2c(C3=CCN(C(=O)OC(C)(C)C)CC3)cnnc12. The molecular formula is C20H23N3O4. The van der Waals surface area contributed by atoms with Gasteiger partial charge < -0.3 is 14.4 Å². The molecule has 7 nitrogen and oxygen atoms in total. The van der Waals surface area contributed by atoms with Crippen molar-refractivity contribution < 1.29 is 19.1 Å². The number of benzene rings is 1. The Labute approximate surface area is 158 Å². The molecule has 0 aliphatic carbocycles. The molecule has 0 spiro atoms. The fourth-order valence-electron chi connectivity index (χ4n) is 3.02. The Hall–Kier alpha value is -2.96. The normalized spacial score (nSPS) is 14.7. The van der Waals surface area contributed by atoms with Gasteiger partial charge in [-0.2, -0.15) is 5.10 Å². The summed E-state index contributed by atoms with van der Waals surface area (Å²) in [5, 5.41) is 9.03. The average molecular weight is 369 g/mol. The molecule has 7 heteroatoms. The third-order valence-electron chi connectivity index (χ3n) is 4.28. The maximum atomic E-state index is 12.2. The monoisotopic (exact) mass is 369 g/mol. The molecule has 0 bridgehead atoms. The van der Waals surface area contributed by atoms with E-state index in [0.717, 1.165) is 16.5 Å². The maximum Gasteiger partial charge on any atom is 0.410 e. The molecule has 1 aliphatic rings. The van der Waals surface area contributed by atoms with Gasteiger partial charge >= 0.3 is 12.1 Å². The number of carbonyl (C=O) groups excluding carboxylic acids is 2. The fraction of sp³-hybridized carbons (Fsp3) is 0.400. The standard InChI is InChI=1S/C20H23N3O4/c1-20(2,3)27-19(25)23-10-8-13(9-11-23)16-12-21-22-17-14(16)6-5-7-15(17)18(24)26-4/h5-8,12H,9-11H2,1-4H3. The van der Waals surface area contributed by atoms with E-state index in [2.05, 4.69) is 10.2 Å². The number of esters is 1. The highest BCUT2D eigenvalue weighted by Gasteiger charge is 2.24. The van der Waals surface area contributed by atoms with Crippen LogP contribution in [0.1, 0.15) is 43.1 Å². The molecule has 0 N–H and O–H groups in total. The van der Waals surface area contributed by atoms with Gasteiger partial charge in [-0.1, -0.05) is 18.2 Å². The number of hydrogen-bond acceptors (Lipinski definition) is 6. The predicted molar refractivity (Wildman–Crippen MR) is 101 cm³/mol. The third kappa shape index (κ3) is 4.07. The quantitative estimate of drug-likeness (QED) is 0.754. The number of ether oxygens (including phenoxy) is 2. The Kier molecular flexibility index (Phi) is 5.12. The first-order chi connectivity index (χ1) is 12.8. The van der Waals surface area contributed by atoms with Crippen molar-refractivity contribution in [2.24, 2.45) is 0 Å². The van der Waals surface area contributed by atoms with Gasteiger partial charge in [-0.3, -0.25) is 0 Å². The van der Waals surface area contributed by atoms with Crippen LogP contribution in [0.5, 0.6) is 0 Å². The smallest absolute Gasteiger partial charge is 0.410 e. The minimum absolute atomic E-state index is 0.316. The zero-order valence-electron chi connectivity index (χ0n) is 16.0. The van der Waals surface area contributed by atoms with Gasteiger partial charge in [0.25, 0.3) is 0 Å². The largest absolute Gasteiger partial charge is 0.465 e. The van der Waals surface area contributed by atoms with Gasteiger partial charge in [-0.15, -0.1) is 5.10 Å². The second-order valence-electron chi connectivity index (χ2n) is 7.36. The van der Waals surface area contributed by atoms with Crippen LogP contribution >= 0.6 is 0 Å². The van der Waals surface area contributed by atoms with Crippen molar-refractivity contribution in [3.05, 3.63) is 41.6 Å². The van der Waals surface area contributed by atoms with Crippen LogP contribution in [0.3, 0.4) is 0 Å². The van der Waals surface area contributed by atoms with Crippen molar-refractivity contribution in [2.45, 2.75) is 32.8 Å². The van der Waals surface area contributed by atoms with Crippen LogP contribution in [0.4, 0.5) is 4.79 Å². The first-order valence-corrected chi connectivity index (χ1v) is 8.80. The van der Waals surface area contributed by atoms with E-state index in [-0.39, 0.29) is 6.09 Å². The van der Waals surface area contributed by atoms with Crippen LogP contribution in [-0.2, 0) is 9.47 Å². The van der Waals surface area contributed by atoms with Crippen LogP contribution in [0.2, 0.25) is 0 Å².